The fourth-order valence-corrected chi connectivity index (χ4v) is 2.15. The van der Waals surface area contributed by atoms with Crippen LogP contribution < -0.4 is 0 Å². The minimum atomic E-state index is -2.24. The average molecular weight is 326 g/mol. The van der Waals surface area contributed by atoms with Gasteiger partial charge in [-0.15, -0.1) is 0 Å². The number of hydrogen-bond acceptors (Lipinski definition) is 10. The molecule has 22 heavy (non-hydrogen) atoms. The maximum atomic E-state index is 12.0. The molecular formula is C12H22O10. The molecule has 1 rings (SSSR count). The largest absolute Gasteiger partial charge is 0.394 e. The molecule has 0 aliphatic carbocycles. The number of hydrogen-bond donors (Lipinski definition) is 8. The molecule has 0 saturated carbocycles. The Bertz CT molecular complexity index is 377. The van der Waals surface area contributed by atoms with E-state index in [1.54, 1.807) is 0 Å². The van der Waals surface area contributed by atoms with E-state index in [2.05, 4.69) is 0 Å². The summed E-state index contributed by atoms with van der Waals surface area (Å²) in [7, 11) is 0. The zero-order valence-electron chi connectivity index (χ0n) is 11.8. The molecule has 10 nitrogen and oxygen atoms in total. The van der Waals surface area contributed by atoms with Crippen LogP contribution in [0.4, 0.5) is 0 Å². The predicted octanol–water partition coefficient (Wildman–Crippen LogP) is -5.14. The van der Waals surface area contributed by atoms with Gasteiger partial charge in [-0.3, -0.25) is 4.79 Å². The standard InChI is InChI=1S/C12H22O10/c1-3-5(15)7(17)10(20)12(22-3)11(21)9(19)8(18)6(16)4(14)2-13/h3-10,12-20H,2H2,1H3/t3-,4+,5-,6-,7+,8-,9+,10+,12?/m1/s1. The highest BCUT2D eigenvalue weighted by Crippen LogP contribution is 2.23. The van der Waals surface area contributed by atoms with Crippen molar-refractivity contribution in [2.75, 3.05) is 6.61 Å². The summed E-state index contributed by atoms with van der Waals surface area (Å²) in [5, 5.41) is 75.4. The topological polar surface area (TPSA) is 188 Å². The van der Waals surface area contributed by atoms with E-state index in [9.17, 15) is 40.5 Å². The van der Waals surface area contributed by atoms with Crippen LogP contribution in [0.3, 0.4) is 0 Å². The molecule has 0 amide bonds. The summed E-state index contributed by atoms with van der Waals surface area (Å²) in [4.78, 5) is 12.0. The Labute approximate surface area is 125 Å². The highest BCUT2D eigenvalue weighted by Gasteiger charge is 2.48. The molecule has 10 heteroatoms. The van der Waals surface area contributed by atoms with E-state index in [0.29, 0.717) is 0 Å². The van der Waals surface area contributed by atoms with Crippen molar-refractivity contribution in [1.82, 2.24) is 0 Å². The summed E-state index contributed by atoms with van der Waals surface area (Å²) >= 11 is 0. The monoisotopic (exact) mass is 326 g/mol. The lowest BCUT2D eigenvalue weighted by Gasteiger charge is -2.39. The summed E-state index contributed by atoms with van der Waals surface area (Å²) in [6.07, 6.45) is -16.0. The molecule has 9 atom stereocenters. The Balaban J connectivity index is 2.81. The molecule has 0 aromatic rings. The van der Waals surface area contributed by atoms with Gasteiger partial charge in [0.2, 0.25) is 0 Å². The minimum Gasteiger partial charge on any atom is -0.394 e. The number of aliphatic hydroxyl groups excluding tert-OH is 8. The molecule has 1 saturated heterocycles. The summed E-state index contributed by atoms with van der Waals surface area (Å²) in [5.41, 5.74) is 0. The lowest BCUT2D eigenvalue weighted by molar-refractivity contribution is -0.221. The number of ketones is 1. The van der Waals surface area contributed by atoms with Gasteiger partial charge in [-0.2, -0.15) is 0 Å². The van der Waals surface area contributed by atoms with E-state index < -0.39 is 67.3 Å². The first kappa shape index (κ1) is 19.4. The average Bonchev–Trinajstić information content (AvgIpc) is 2.52. The Kier molecular flexibility index (Phi) is 6.80. The minimum absolute atomic E-state index is 0.913. The van der Waals surface area contributed by atoms with Crippen molar-refractivity contribution in [1.29, 1.82) is 0 Å². The normalized spacial score (nSPS) is 38.1. The quantitative estimate of drug-likeness (QED) is 0.234. The van der Waals surface area contributed by atoms with Crippen molar-refractivity contribution in [2.45, 2.75) is 61.9 Å². The highest BCUT2D eigenvalue weighted by atomic mass is 16.5. The van der Waals surface area contributed by atoms with Gasteiger partial charge in [0.15, 0.2) is 5.78 Å². The van der Waals surface area contributed by atoms with Gasteiger partial charge in [-0.25, -0.2) is 0 Å². The molecule has 0 aromatic carbocycles. The Morgan fingerprint density at radius 1 is 1.00 bits per heavy atom. The van der Waals surface area contributed by atoms with Gasteiger partial charge in [0.1, 0.15) is 48.8 Å². The van der Waals surface area contributed by atoms with Gasteiger partial charge in [0, 0.05) is 0 Å². The van der Waals surface area contributed by atoms with Crippen LogP contribution >= 0.6 is 0 Å². The van der Waals surface area contributed by atoms with Crippen molar-refractivity contribution >= 4 is 5.78 Å². The molecular weight excluding hydrogens is 304 g/mol. The van der Waals surface area contributed by atoms with Crippen molar-refractivity contribution < 1.29 is 50.4 Å². The predicted molar refractivity (Wildman–Crippen MR) is 68.5 cm³/mol. The van der Waals surface area contributed by atoms with Gasteiger partial charge in [-0.05, 0) is 6.92 Å². The highest BCUT2D eigenvalue weighted by molar-refractivity contribution is 5.88. The second-order valence-corrected chi connectivity index (χ2v) is 5.31. The van der Waals surface area contributed by atoms with Gasteiger partial charge in [0.25, 0.3) is 0 Å². The summed E-state index contributed by atoms with van der Waals surface area (Å²) < 4.78 is 5.01. The fraction of sp³-hybridized carbons (Fsp3) is 0.917. The number of aliphatic hydroxyl groups is 8. The number of ether oxygens (including phenoxy) is 1. The van der Waals surface area contributed by atoms with E-state index in [4.69, 9.17) is 9.84 Å². The number of carbonyl (C=O) groups excluding carboxylic acids is 1. The van der Waals surface area contributed by atoms with Crippen molar-refractivity contribution in [2.24, 2.45) is 0 Å². The third kappa shape index (κ3) is 3.79. The van der Waals surface area contributed by atoms with Crippen molar-refractivity contribution in [3.8, 4) is 0 Å². The maximum Gasteiger partial charge on any atom is 0.195 e. The van der Waals surface area contributed by atoms with Crippen LogP contribution in [0.5, 0.6) is 0 Å². The molecule has 8 N–H and O–H groups in total. The van der Waals surface area contributed by atoms with E-state index in [-0.39, 0.29) is 0 Å². The fourth-order valence-electron chi connectivity index (χ4n) is 2.15. The summed E-state index contributed by atoms with van der Waals surface area (Å²) in [6, 6.07) is 0. The molecule has 1 unspecified atom stereocenters. The second kappa shape index (κ2) is 7.73. The summed E-state index contributed by atoms with van der Waals surface area (Å²) in [5.74, 6) is -1.25. The summed E-state index contributed by atoms with van der Waals surface area (Å²) in [6.45, 7) is 0.414. The molecule has 1 aliphatic heterocycles. The lowest BCUT2D eigenvalue weighted by Crippen LogP contribution is -2.62. The molecule has 1 fully saturated rings. The molecule has 130 valence electrons. The molecule has 0 spiro atoms. The second-order valence-electron chi connectivity index (χ2n) is 5.31. The van der Waals surface area contributed by atoms with Crippen molar-refractivity contribution in [3.63, 3.8) is 0 Å². The van der Waals surface area contributed by atoms with Crippen LogP contribution in [0.15, 0.2) is 0 Å². The third-order valence-electron chi connectivity index (χ3n) is 3.68. The van der Waals surface area contributed by atoms with Crippen LogP contribution in [0, 0.1) is 0 Å². The van der Waals surface area contributed by atoms with E-state index in [0.717, 1.165) is 0 Å². The number of rotatable bonds is 6. The Morgan fingerprint density at radius 3 is 2.05 bits per heavy atom. The van der Waals surface area contributed by atoms with Gasteiger partial charge < -0.3 is 45.6 Å². The van der Waals surface area contributed by atoms with E-state index in [1.807, 2.05) is 0 Å². The van der Waals surface area contributed by atoms with Crippen LogP contribution in [0.1, 0.15) is 6.92 Å². The first-order chi connectivity index (χ1) is 10.1. The maximum absolute atomic E-state index is 12.0. The first-order valence-corrected chi connectivity index (χ1v) is 6.70. The van der Waals surface area contributed by atoms with Crippen LogP contribution in [0.25, 0.3) is 0 Å². The van der Waals surface area contributed by atoms with E-state index >= 15 is 0 Å². The van der Waals surface area contributed by atoms with Gasteiger partial charge in [0.05, 0.1) is 12.7 Å². The molecule has 0 aromatic heterocycles. The molecule has 1 heterocycles. The zero-order chi connectivity index (χ0) is 17.2. The SMILES string of the molecule is C[C@H]1OC(C(=O)[C@@H](O)[C@H](O)[C@H](O)[C@@H](O)CO)[C@@H](O)[C@@H](O)[C@@H]1O. The molecule has 0 radical (unpaired) electrons. The van der Waals surface area contributed by atoms with Crippen LogP contribution in [0.2, 0.25) is 0 Å². The van der Waals surface area contributed by atoms with Crippen LogP contribution in [-0.4, -0.2) is 108 Å². The Hall–Kier alpha value is -0.690. The third-order valence-corrected chi connectivity index (χ3v) is 3.68. The first-order valence-electron chi connectivity index (χ1n) is 6.70. The van der Waals surface area contributed by atoms with Crippen molar-refractivity contribution in [3.05, 3.63) is 0 Å². The smallest absolute Gasteiger partial charge is 0.195 e. The zero-order valence-corrected chi connectivity index (χ0v) is 11.8. The Morgan fingerprint density at radius 2 is 1.55 bits per heavy atom. The van der Waals surface area contributed by atoms with Gasteiger partial charge in [-0.1, -0.05) is 0 Å². The lowest BCUT2D eigenvalue weighted by atomic mass is 9.89. The molecule has 0 bridgehead atoms. The van der Waals surface area contributed by atoms with E-state index in [1.165, 1.54) is 6.92 Å². The van der Waals surface area contributed by atoms with Crippen LogP contribution in [-0.2, 0) is 9.53 Å². The number of carbonyl (C=O) groups is 1. The molecule has 1 aliphatic rings. The van der Waals surface area contributed by atoms with Gasteiger partial charge >= 0.3 is 0 Å². The number of Topliss-reactive ketones (excluding diaryl/α,β-unsaturated/α-hetero) is 1.